The summed E-state index contributed by atoms with van der Waals surface area (Å²) in [6.07, 6.45) is 2.65. The fraction of sp³-hybridized carbons (Fsp3) is 0.267. The molecule has 2 aromatic rings. The van der Waals surface area contributed by atoms with Crippen LogP contribution >= 0.6 is 0 Å². The van der Waals surface area contributed by atoms with E-state index in [1.807, 2.05) is 36.4 Å². The molecule has 3 N–H and O–H groups in total. The highest BCUT2D eigenvalue weighted by Gasteiger charge is 2.04. The molecule has 0 saturated carbocycles. The summed E-state index contributed by atoms with van der Waals surface area (Å²) in [6.45, 7) is 3.18. The third-order valence-electron chi connectivity index (χ3n) is 2.68. The second-order valence-corrected chi connectivity index (χ2v) is 4.28. The van der Waals surface area contributed by atoms with Crippen molar-refractivity contribution in [3.8, 4) is 11.5 Å². The van der Waals surface area contributed by atoms with Crippen molar-refractivity contribution in [2.75, 3.05) is 12.0 Å². The van der Waals surface area contributed by atoms with Crippen LogP contribution in [0.1, 0.15) is 18.9 Å². The molecule has 0 aliphatic rings. The third kappa shape index (κ3) is 3.86. The summed E-state index contributed by atoms with van der Waals surface area (Å²) in [5.41, 5.74) is 3.50. The lowest BCUT2D eigenvalue weighted by Crippen LogP contribution is -2.09. The molecular formula is C15H19N3O2. The first-order chi connectivity index (χ1) is 9.83. The van der Waals surface area contributed by atoms with E-state index >= 15 is 0 Å². The number of nitrogens with two attached hydrogens (primary N) is 1. The zero-order valence-electron chi connectivity index (χ0n) is 11.5. The quantitative estimate of drug-likeness (QED) is 0.599. The van der Waals surface area contributed by atoms with Crippen LogP contribution in [-0.4, -0.2) is 11.6 Å². The molecule has 0 radical (unpaired) electrons. The van der Waals surface area contributed by atoms with Gasteiger partial charge in [0.2, 0.25) is 0 Å². The number of pyridine rings is 1. The Hall–Kier alpha value is -2.27. The Kier molecular flexibility index (Phi) is 5.20. The fourth-order valence-corrected chi connectivity index (χ4v) is 1.70. The van der Waals surface area contributed by atoms with Crippen LogP contribution in [0.4, 0.5) is 5.82 Å². The van der Waals surface area contributed by atoms with Crippen molar-refractivity contribution in [2.24, 2.45) is 5.84 Å². The molecule has 2 rings (SSSR count). The van der Waals surface area contributed by atoms with Crippen LogP contribution in [0.2, 0.25) is 0 Å². The molecule has 0 fully saturated rings. The monoisotopic (exact) mass is 273 g/mol. The highest BCUT2D eigenvalue weighted by Crippen LogP contribution is 2.27. The molecule has 0 bridgehead atoms. The average molecular weight is 273 g/mol. The van der Waals surface area contributed by atoms with E-state index in [1.54, 1.807) is 6.20 Å². The fourth-order valence-electron chi connectivity index (χ4n) is 1.70. The van der Waals surface area contributed by atoms with Gasteiger partial charge in [0.15, 0.2) is 11.5 Å². The number of rotatable bonds is 7. The molecule has 1 aromatic carbocycles. The van der Waals surface area contributed by atoms with Crippen molar-refractivity contribution in [1.29, 1.82) is 0 Å². The van der Waals surface area contributed by atoms with Gasteiger partial charge in [-0.3, -0.25) is 0 Å². The Morgan fingerprint density at radius 3 is 2.60 bits per heavy atom. The van der Waals surface area contributed by atoms with E-state index in [1.165, 1.54) is 0 Å². The lowest BCUT2D eigenvalue weighted by molar-refractivity contribution is 0.262. The second-order valence-electron chi connectivity index (χ2n) is 4.28. The second kappa shape index (κ2) is 7.35. The minimum absolute atomic E-state index is 0.434. The average Bonchev–Trinajstić information content (AvgIpc) is 2.52. The van der Waals surface area contributed by atoms with E-state index < -0.39 is 0 Å². The predicted octanol–water partition coefficient (Wildman–Crippen LogP) is 2.73. The number of nitrogen functional groups attached to an aromatic ring is 1. The number of nitrogens with one attached hydrogen (secondary N) is 1. The predicted molar refractivity (Wildman–Crippen MR) is 78.6 cm³/mol. The topological polar surface area (TPSA) is 69.4 Å². The van der Waals surface area contributed by atoms with Crippen molar-refractivity contribution in [3.05, 3.63) is 48.2 Å². The van der Waals surface area contributed by atoms with Gasteiger partial charge in [-0.05, 0) is 36.2 Å². The van der Waals surface area contributed by atoms with Crippen LogP contribution < -0.4 is 20.7 Å². The molecule has 1 heterocycles. The smallest absolute Gasteiger partial charge is 0.161 e. The van der Waals surface area contributed by atoms with Crippen molar-refractivity contribution in [2.45, 2.75) is 20.0 Å². The van der Waals surface area contributed by atoms with Gasteiger partial charge in [-0.15, -0.1) is 0 Å². The van der Waals surface area contributed by atoms with Gasteiger partial charge in [0.1, 0.15) is 12.4 Å². The number of anilines is 1. The molecule has 5 nitrogen and oxygen atoms in total. The number of para-hydroxylation sites is 2. The van der Waals surface area contributed by atoms with Crippen LogP contribution in [-0.2, 0) is 6.61 Å². The van der Waals surface area contributed by atoms with Crippen molar-refractivity contribution < 1.29 is 9.47 Å². The van der Waals surface area contributed by atoms with Crippen LogP contribution in [0.5, 0.6) is 11.5 Å². The highest BCUT2D eigenvalue weighted by atomic mass is 16.5. The van der Waals surface area contributed by atoms with E-state index in [0.29, 0.717) is 19.0 Å². The normalized spacial score (nSPS) is 10.1. The molecule has 20 heavy (non-hydrogen) atoms. The zero-order valence-corrected chi connectivity index (χ0v) is 11.5. The number of nitrogens with zero attached hydrogens (tertiary/aromatic N) is 1. The van der Waals surface area contributed by atoms with Crippen LogP contribution in [0, 0.1) is 0 Å². The molecule has 0 saturated heterocycles. The molecule has 5 heteroatoms. The first kappa shape index (κ1) is 14.1. The van der Waals surface area contributed by atoms with Crippen LogP contribution in [0.3, 0.4) is 0 Å². The summed E-state index contributed by atoms with van der Waals surface area (Å²) in [5, 5.41) is 0. The highest BCUT2D eigenvalue weighted by molar-refractivity contribution is 5.40. The Bertz CT molecular complexity index is 546. The zero-order chi connectivity index (χ0) is 14.2. The summed E-state index contributed by atoms with van der Waals surface area (Å²) >= 11 is 0. The summed E-state index contributed by atoms with van der Waals surface area (Å²) in [5.74, 6) is 7.44. The van der Waals surface area contributed by atoms with Gasteiger partial charge in [0, 0.05) is 6.20 Å². The maximum atomic E-state index is 5.80. The van der Waals surface area contributed by atoms with Gasteiger partial charge < -0.3 is 14.9 Å². The van der Waals surface area contributed by atoms with E-state index in [0.717, 1.165) is 23.5 Å². The summed E-state index contributed by atoms with van der Waals surface area (Å²) in [6, 6.07) is 11.4. The largest absolute Gasteiger partial charge is 0.490 e. The Balaban J connectivity index is 2.02. The Morgan fingerprint density at radius 2 is 1.90 bits per heavy atom. The molecule has 0 aliphatic carbocycles. The SMILES string of the molecule is CCCOc1ccccc1OCc1ccnc(NN)c1. The lowest BCUT2D eigenvalue weighted by atomic mass is 10.2. The number of benzene rings is 1. The van der Waals surface area contributed by atoms with Gasteiger partial charge in [-0.2, -0.15) is 0 Å². The maximum Gasteiger partial charge on any atom is 0.161 e. The molecule has 1 aromatic heterocycles. The first-order valence-electron chi connectivity index (χ1n) is 6.59. The number of hydrogen-bond acceptors (Lipinski definition) is 5. The van der Waals surface area contributed by atoms with E-state index in [2.05, 4.69) is 17.3 Å². The van der Waals surface area contributed by atoms with E-state index in [9.17, 15) is 0 Å². The van der Waals surface area contributed by atoms with E-state index in [4.69, 9.17) is 15.3 Å². The molecule has 0 aliphatic heterocycles. The van der Waals surface area contributed by atoms with Gasteiger partial charge >= 0.3 is 0 Å². The first-order valence-corrected chi connectivity index (χ1v) is 6.59. The minimum Gasteiger partial charge on any atom is -0.490 e. The lowest BCUT2D eigenvalue weighted by Gasteiger charge is -2.12. The van der Waals surface area contributed by atoms with Crippen LogP contribution in [0.15, 0.2) is 42.6 Å². The maximum absolute atomic E-state index is 5.80. The number of hydrazine groups is 1. The Labute approximate surface area is 118 Å². The van der Waals surface area contributed by atoms with Crippen molar-refractivity contribution in [3.63, 3.8) is 0 Å². The van der Waals surface area contributed by atoms with Gasteiger partial charge in [-0.25, -0.2) is 10.8 Å². The van der Waals surface area contributed by atoms with Crippen molar-refractivity contribution in [1.82, 2.24) is 4.98 Å². The van der Waals surface area contributed by atoms with Crippen LogP contribution in [0.25, 0.3) is 0 Å². The molecular weight excluding hydrogens is 254 g/mol. The molecule has 106 valence electrons. The van der Waals surface area contributed by atoms with Crippen molar-refractivity contribution >= 4 is 5.82 Å². The molecule has 0 amide bonds. The number of hydrogen-bond donors (Lipinski definition) is 2. The summed E-state index contributed by atoms with van der Waals surface area (Å²) in [7, 11) is 0. The Morgan fingerprint density at radius 1 is 1.15 bits per heavy atom. The summed E-state index contributed by atoms with van der Waals surface area (Å²) < 4.78 is 11.4. The van der Waals surface area contributed by atoms with Gasteiger partial charge in [0.25, 0.3) is 0 Å². The molecule has 0 spiro atoms. The third-order valence-corrected chi connectivity index (χ3v) is 2.68. The van der Waals surface area contributed by atoms with Gasteiger partial charge in [-0.1, -0.05) is 19.1 Å². The molecule has 0 atom stereocenters. The van der Waals surface area contributed by atoms with E-state index in [-0.39, 0.29) is 0 Å². The van der Waals surface area contributed by atoms with Gasteiger partial charge in [0.05, 0.1) is 6.61 Å². The molecule has 0 unspecified atom stereocenters. The number of aromatic nitrogens is 1. The summed E-state index contributed by atoms with van der Waals surface area (Å²) in [4.78, 5) is 4.05. The standard InChI is InChI=1S/C15H19N3O2/c1-2-9-19-13-5-3-4-6-14(13)20-11-12-7-8-17-15(10-12)18-16/h3-8,10H,2,9,11,16H2,1H3,(H,17,18). The minimum atomic E-state index is 0.434. The number of ether oxygens (including phenoxy) is 2.